The van der Waals surface area contributed by atoms with E-state index in [1.807, 2.05) is 0 Å². The number of carbonyl (C=O) groups excluding carboxylic acids is 1. The molecule has 3 heteroatoms. The quantitative estimate of drug-likeness (QED) is 0.795. The number of aryl methyl sites for hydroxylation is 1. The molecule has 0 atom stereocenters. The van der Waals surface area contributed by atoms with Gasteiger partial charge in [-0.3, -0.25) is 9.78 Å². The molecule has 2 N–H and O–H groups in total. The maximum atomic E-state index is 11.2. The molecular weight excluding hydrogens is 188 g/mol. The van der Waals surface area contributed by atoms with Crippen LogP contribution in [0, 0.1) is 0 Å². The Balaban J connectivity index is 2.56. The van der Waals surface area contributed by atoms with E-state index in [1.54, 1.807) is 6.20 Å². The summed E-state index contributed by atoms with van der Waals surface area (Å²) in [5.74, 6) is -0.354. The molecule has 2 rings (SSSR count). The topological polar surface area (TPSA) is 56.0 Å². The molecule has 0 bridgehead atoms. The molecule has 0 radical (unpaired) electrons. The van der Waals surface area contributed by atoms with Gasteiger partial charge in [-0.25, -0.2) is 0 Å². The standard InChI is InChI=1S/C12H16N2O/c1-2-8-9-5-3-4-6-11(9)14-7-10(8)12(13)15/h7H,2-6H2,1H3,(H2,13,15). The molecule has 0 fully saturated rings. The number of aromatic nitrogens is 1. The summed E-state index contributed by atoms with van der Waals surface area (Å²) in [6.07, 6.45) is 7.01. The fourth-order valence-corrected chi connectivity index (χ4v) is 2.36. The van der Waals surface area contributed by atoms with Crippen LogP contribution < -0.4 is 5.73 Å². The van der Waals surface area contributed by atoms with E-state index in [1.165, 1.54) is 24.1 Å². The van der Waals surface area contributed by atoms with Gasteiger partial charge in [0.15, 0.2) is 0 Å². The van der Waals surface area contributed by atoms with Gasteiger partial charge in [0.2, 0.25) is 0 Å². The summed E-state index contributed by atoms with van der Waals surface area (Å²) in [5.41, 5.74) is 9.52. The van der Waals surface area contributed by atoms with Crippen LogP contribution >= 0.6 is 0 Å². The van der Waals surface area contributed by atoms with Gasteiger partial charge >= 0.3 is 0 Å². The first-order chi connectivity index (χ1) is 7.24. The molecule has 1 aromatic heterocycles. The van der Waals surface area contributed by atoms with Gasteiger partial charge in [-0.1, -0.05) is 6.92 Å². The van der Waals surface area contributed by atoms with Crippen molar-refractivity contribution in [2.75, 3.05) is 0 Å². The average Bonchev–Trinajstić information content (AvgIpc) is 2.27. The zero-order valence-electron chi connectivity index (χ0n) is 9.05. The minimum absolute atomic E-state index is 0.354. The highest BCUT2D eigenvalue weighted by atomic mass is 16.1. The summed E-state index contributed by atoms with van der Waals surface area (Å²) in [7, 11) is 0. The van der Waals surface area contributed by atoms with Gasteiger partial charge in [-0.15, -0.1) is 0 Å². The lowest BCUT2D eigenvalue weighted by Crippen LogP contribution is -2.18. The molecule has 0 unspecified atom stereocenters. The molecule has 0 saturated carbocycles. The van der Waals surface area contributed by atoms with Crippen molar-refractivity contribution in [1.29, 1.82) is 0 Å². The number of pyridine rings is 1. The molecule has 1 heterocycles. The highest BCUT2D eigenvalue weighted by Crippen LogP contribution is 2.25. The number of nitrogens with zero attached hydrogens (tertiary/aromatic N) is 1. The zero-order valence-corrected chi connectivity index (χ0v) is 9.05. The summed E-state index contributed by atoms with van der Waals surface area (Å²) < 4.78 is 0. The Bertz CT molecular complexity index is 399. The normalized spacial score (nSPS) is 14.7. The maximum Gasteiger partial charge on any atom is 0.250 e. The number of carbonyl (C=O) groups is 1. The van der Waals surface area contributed by atoms with Gasteiger partial charge in [0, 0.05) is 11.9 Å². The summed E-state index contributed by atoms with van der Waals surface area (Å²) in [6, 6.07) is 0. The highest BCUT2D eigenvalue weighted by molar-refractivity contribution is 5.94. The molecular formula is C12H16N2O. The second kappa shape index (κ2) is 4.01. The van der Waals surface area contributed by atoms with E-state index >= 15 is 0 Å². The van der Waals surface area contributed by atoms with Crippen LogP contribution in [0.5, 0.6) is 0 Å². The molecule has 0 spiro atoms. The third kappa shape index (κ3) is 1.74. The van der Waals surface area contributed by atoms with Crippen LogP contribution in [0.4, 0.5) is 0 Å². The van der Waals surface area contributed by atoms with Gasteiger partial charge in [0.25, 0.3) is 5.91 Å². The number of hydrogen-bond acceptors (Lipinski definition) is 2. The minimum Gasteiger partial charge on any atom is -0.366 e. The summed E-state index contributed by atoms with van der Waals surface area (Å²) in [4.78, 5) is 15.6. The largest absolute Gasteiger partial charge is 0.366 e. The third-order valence-electron chi connectivity index (χ3n) is 3.10. The Morgan fingerprint density at radius 3 is 2.87 bits per heavy atom. The zero-order chi connectivity index (χ0) is 10.8. The first kappa shape index (κ1) is 10.1. The van der Waals surface area contributed by atoms with Crippen molar-refractivity contribution in [2.24, 2.45) is 5.73 Å². The van der Waals surface area contributed by atoms with Gasteiger partial charge < -0.3 is 5.73 Å². The molecule has 0 saturated heterocycles. The molecule has 1 aliphatic rings. The van der Waals surface area contributed by atoms with E-state index < -0.39 is 0 Å². The SMILES string of the molecule is CCc1c(C(N)=O)cnc2c1CCCC2. The monoisotopic (exact) mass is 204 g/mol. The van der Waals surface area contributed by atoms with Crippen molar-refractivity contribution < 1.29 is 4.79 Å². The van der Waals surface area contributed by atoms with Crippen molar-refractivity contribution in [1.82, 2.24) is 4.98 Å². The van der Waals surface area contributed by atoms with Crippen LogP contribution in [0.25, 0.3) is 0 Å². The number of fused-ring (bicyclic) bond motifs is 1. The second-order valence-corrected chi connectivity index (χ2v) is 4.00. The number of primary amides is 1. The van der Waals surface area contributed by atoms with E-state index in [0.29, 0.717) is 5.56 Å². The van der Waals surface area contributed by atoms with Gasteiger partial charge in [-0.2, -0.15) is 0 Å². The molecule has 1 aliphatic carbocycles. The molecule has 3 nitrogen and oxygen atoms in total. The van der Waals surface area contributed by atoms with Gasteiger partial charge in [0.05, 0.1) is 5.56 Å². The van der Waals surface area contributed by atoms with Crippen LogP contribution in [-0.2, 0) is 19.3 Å². The first-order valence-electron chi connectivity index (χ1n) is 5.53. The minimum atomic E-state index is -0.354. The van der Waals surface area contributed by atoms with Crippen molar-refractivity contribution in [2.45, 2.75) is 39.0 Å². The summed E-state index contributed by atoms with van der Waals surface area (Å²) in [6.45, 7) is 2.07. The predicted molar refractivity (Wildman–Crippen MR) is 58.8 cm³/mol. The van der Waals surface area contributed by atoms with E-state index in [0.717, 1.165) is 24.8 Å². The van der Waals surface area contributed by atoms with Crippen molar-refractivity contribution in [3.63, 3.8) is 0 Å². The molecule has 0 aromatic carbocycles. The third-order valence-corrected chi connectivity index (χ3v) is 3.10. The fourth-order valence-electron chi connectivity index (χ4n) is 2.36. The maximum absolute atomic E-state index is 11.2. The lowest BCUT2D eigenvalue weighted by atomic mass is 9.89. The Labute approximate surface area is 89.7 Å². The van der Waals surface area contributed by atoms with Crippen LogP contribution in [0.15, 0.2) is 6.20 Å². The molecule has 15 heavy (non-hydrogen) atoms. The van der Waals surface area contributed by atoms with Crippen LogP contribution in [0.2, 0.25) is 0 Å². The van der Waals surface area contributed by atoms with Gasteiger partial charge in [-0.05, 0) is 43.2 Å². The highest BCUT2D eigenvalue weighted by Gasteiger charge is 2.18. The van der Waals surface area contributed by atoms with Crippen molar-refractivity contribution in [3.8, 4) is 0 Å². The molecule has 1 aromatic rings. The predicted octanol–water partition coefficient (Wildman–Crippen LogP) is 1.62. The second-order valence-electron chi connectivity index (χ2n) is 4.00. The van der Waals surface area contributed by atoms with Crippen LogP contribution in [0.3, 0.4) is 0 Å². The van der Waals surface area contributed by atoms with E-state index in [2.05, 4.69) is 11.9 Å². The Hall–Kier alpha value is -1.38. The van der Waals surface area contributed by atoms with E-state index in [9.17, 15) is 4.79 Å². The first-order valence-corrected chi connectivity index (χ1v) is 5.53. The van der Waals surface area contributed by atoms with Crippen molar-refractivity contribution in [3.05, 3.63) is 28.6 Å². The summed E-state index contributed by atoms with van der Waals surface area (Å²) >= 11 is 0. The Kier molecular flexibility index (Phi) is 2.71. The lowest BCUT2D eigenvalue weighted by molar-refractivity contribution is 0.0999. The van der Waals surface area contributed by atoms with Crippen LogP contribution in [-0.4, -0.2) is 10.9 Å². The Morgan fingerprint density at radius 1 is 1.47 bits per heavy atom. The number of nitrogens with two attached hydrogens (primary N) is 1. The average molecular weight is 204 g/mol. The number of amides is 1. The fraction of sp³-hybridized carbons (Fsp3) is 0.500. The molecule has 80 valence electrons. The smallest absolute Gasteiger partial charge is 0.250 e. The molecule has 0 aliphatic heterocycles. The van der Waals surface area contributed by atoms with Crippen molar-refractivity contribution >= 4 is 5.91 Å². The molecule has 1 amide bonds. The van der Waals surface area contributed by atoms with Gasteiger partial charge in [0.1, 0.15) is 0 Å². The number of hydrogen-bond donors (Lipinski definition) is 1. The Morgan fingerprint density at radius 2 is 2.20 bits per heavy atom. The van der Waals surface area contributed by atoms with Crippen LogP contribution in [0.1, 0.15) is 46.9 Å². The summed E-state index contributed by atoms with van der Waals surface area (Å²) in [5, 5.41) is 0. The van der Waals surface area contributed by atoms with E-state index in [4.69, 9.17) is 5.73 Å². The number of rotatable bonds is 2. The lowest BCUT2D eigenvalue weighted by Gasteiger charge is -2.19. The van der Waals surface area contributed by atoms with E-state index in [-0.39, 0.29) is 5.91 Å².